The van der Waals surface area contributed by atoms with Crippen molar-refractivity contribution in [3.8, 4) is 0 Å². The first-order chi connectivity index (χ1) is 9.44. The van der Waals surface area contributed by atoms with Crippen molar-refractivity contribution >= 4 is 11.9 Å². The van der Waals surface area contributed by atoms with Crippen molar-refractivity contribution in [1.29, 1.82) is 0 Å². The van der Waals surface area contributed by atoms with Crippen LogP contribution < -0.4 is 0 Å². The number of rotatable bonds is 10. The summed E-state index contributed by atoms with van der Waals surface area (Å²) in [5, 5.41) is 0. The fraction of sp³-hybridized carbons (Fsp3) is 0.875. The molecule has 0 spiro atoms. The van der Waals surface area contributed by atoms with Gasteiger partial charge in [-0.2, -0.15) is 0 Å². The molecule has 0 aromatic carbocycles. The van der Waals surface area contributed by atoms with E-state index < -0.39 is 17.4 Å². The molecule has 0 aromatic heterocycles. The smallest absolute Gasteiger partial charge is 0.323 e. The molecule has 118 valence electrons. The molecule has 0 radical (unpaired) electrons. The topological polar surface area (TPSA) is 52.6 Å². The van der Waals surface area contributed by atoms with Crippen molar-refractivity contribution < 1.29 is 19.1 Å². The number of carbonyl (C=O) groups excluding carboxylic acids is 2. The molecule has 0 heterocycles. The van der Waals surface area contributed by atoms with Crippen LogP contribution in [0.15, 0.2) is 0 Å². The van der Waals surface area contributed by atoms with Gasteiger partial charge >= 0.3 is 11.9 Å². The van der Waals surface area contributed by atoms with Crippen LogP contribution in [0.4, 0.5) is 0 Å². The van der Waals surface area contributed by atoms with Crippen LogP contribution in [0.2, 0.25) is 0 Å². The lowest BCUT2D eigenvalue weighted by atomic mass is 9.76. The maximum atomic E-state index is 12.4. The number of carbonyl (C=O) groups is 2. The number of unbranched alkanes of at least 4 members (excludes halogenated alkanes) is 2. The molecule has 0 atom stereocenters. The van der Waals surface area contributed by atoms with E-state index in [4.69, 9.17) is 9.47 Å². The third-order valence-electron chi connectivity index (χ3n) is 3.30. The first kappa shape index (κ1) is 18.9. The van der Waals surface area contributed by atoms with Gasteiger partial charge in [0.1, 0.15) is 0 Å². The van der Waals surface area contributed by atoms with Crippen molar-refractivity contribution in [3.05, 3.63) is 0 Å². The van der Waals surface area contributed by atoms with Crippen molar-refractivity contribution in [2.75, 3.05) is 13.2 Å². The molecule has 4 heteroatoms. The summed E-state index contributed by atoms with van der Waals surface area (Å²) >= 11 is 0. The monoisotopic (exact) mass is 286 g/mol. The van der Waals surface area contributed by atoms with E-state index in [0.717, 1.165) is 19.3 Å². The Labute approximate surface area is 123 Å². The maximum Gasteiger partial charge on any atom is 0.323 e. The molecule has 0 saturated carbocycles. The normalized spacial score (nSPS) is 11.5. The molecule has 0 aromatic rings. The van der Waals surface area contributed by atoms with E-state index >= 15 is 0 Å². The average molecular weight is 286 g/mol. The molecule has 20 heavy (non-hydrogen) atoms. The van der Waals surface area contributed by atoms with Gasteiger partial charge in [-0.05, 0) is 32.6 Å². The minimum atomic E-state index is -1.13. The van der Waals surface area contributed by atoms with E-state index in [1.165, 1.54) is 0 Å². The van der Waals surface area contributed by atoms with Gasteiger partial charge in [-0.15, -0.1) is 0 Å². The van der Waals surface area contributed by atoms with E-state index in [-0.39, 0.29) is 19.1 Å². The van der Waals surface area contributed by atoms with Crippen molar-refractivity contribution in [2.24, 2.45) is 11.3 Å². The molecule has 0 N–H and O–H groups in total. The molecule has 4 nitrogen and oxygen atoms in total. The Morgan fingerprint density at radius 3 is 1.80 bits per heavy atom. The van der Waals surface area contributed by atoms with Crippen LogP contribution in [-0.2, 0) is 19.1 Å². The van der Waals surface area contributed by atoms with E-state index in [1.54, 1.807) is 13.8 Å². The lowest BCUT2D eigenvalue weighted by Crippen LogP contribution is -2.43. The second-order valence-electron chi connectivity index (χ2n) is 5.58. The number of hydrogen-bond donors (Lipinski definition) is 0. The van der Waals surface area contributed by atoms with E-state index in [9.17, 15) is 9.59 Å². The van der Waals surface area contributed by atoms with Crippen LogP contribution in [0.1, 0.15) is 66.7 Å². The zero-order valence-corrected chi connectivity index (χ0v) is 13.7. The third kappa shape index (κ3) is 5.51. The molecule has 0 bridgehead atoms. The highest BCUT2D eigenvalue weighted by atomic mass is 16.6. The summed E-state index contributed by atoms with van der Waals surface area (Å²) < 4.78 is 10.3. The lowest BCUT2D eigenvalue weighted by molar-refractivity contribution is -0.174. The van der Waals surface area contributed by atoms with Crippen LogP contribution in [0.25, 0.3) is 0 Å². The number of hydrogen-bond acceptors (Lipinski definition) is 4. The zero-order chi connectivity index (χ0) is 15.6. The fourth-order valence-electron chi connectivity index (χ4n) is 2.47. The Balaban J connectivity index is 5.26. The Kier molecular flexibility index (Phi) is 9.26. The molecule has 0 fully saturated rings. The standard InChI is InChI=1S/C16H30O4/c1-6-9-10-11-16(12-13(4)5,14(17)19-7-2)15(18)20-8-3/h13H,6-12H2,1-5H3. The van der Waals surface area contributed by atoms with E-state index in [2.05, 4.69) is 6.92 Å². The van der Waals surface area contributed by atoms with Crippen molar-refractivity contribution in [2.45, 2.75) is 66.7 Å². The highest BCUT2D eigenvalue weighted by Crippen LogP contribution is 2.36. The molecular formula is C16H30O4. The molecule has 0 unspecified atom stereocenters. The summed E-state index contributed by atoms with van der Waals surface area (Å²) in [7, 11) is 0. The zero-order valence-electron chi connectivity index (χ0n) is 13.7. The van der Waals surface area contributed by atoms with Gasteiger partial charge in [0, 0.05) is 0 Å². The average Bonchev–Trinajstić information content (AvgIpc) is 2.37. The van der Waals surface area contributed by atoms with Gasteiger partial charge in [-0.3, -0.25) is 9.59 Å². The second kappa shape index (κ2) is 9.78. The molecule has 0 aliphatic heterocycles. The molecule has 0 rings (SSSR count). The molecule has 0 saturated heterocycles. The minimum absolute atomic E-state index is 0.227. The van der Waals surface area contributed by atoms with Crippen LogP contribution in [-0.4, -0.2) is 25.2 Å². The maximum absolute atomic E-state index is 12.4. The lowest BCUT2D eigenvalue weighted by Gasteiger charge is -2.30. The Morgan fingerprint density at radius 1 is 0.950 bits per heavy atom. The molecule has 0 aliphatic carbocycles. The summed E-state index contributed by atoms with van der Waals surface area (Å²) in [6.45, 7) is 10.2. The van der Waals surface area contributed by atoms with Crippen LogP contribution in [0.5, 0.6) is 0 Å². The first-order valence-electron chi connectivity index (χ1n) is 7.79. The summed E-state index contributed by atoms with van der Waals surface area (Å²) in [6, 6.07) is 0. The summed E-state index contributed by atoms with van der Waals surface area (Å²) in [4.78, 5) is 24.8. The van der Waals surface area contributed by atoms with Gasteiger partial charge < -0.3 is 9.47 Å². The van der Waals surface area contributed by atoms with Crippen LogP contribution >= 0.6 is 0 Å². The summed E-state index contributed by atoms with van der Waals surface area (Å²) in [5.41, 5.74) is -1.13. The summed E-state index contributed by atoms with van der Waals surface area (Å²) in [6.07, 6.45) is 3.87. The Hall–Kier alpha value is -1.06. The van der Waals surface area contributed by atoms with Gasteiger partial charge in [0.05, 0.1) is 13.2 Å². The van der Waals surface area contributed by atoms with E-state index in [0.29, 0.717) is 12.8 Å². The van der Waals surface area contributed by atoms with Crippen LogP contribution in [0, 0.1) is 11.3 Å². The third-order valence-corrected chi connectivity index (χ3v) is 3.30. The first-order valence-corrected chi connectivity index (χ1v) is 7.79. The minimum Gasteiger partial charge on any atom is -0.465 e. The Bertz CT molecular complexity index is 279. The van der Waals surface area contributed by atoms with Crippen molar-refractivity contribution in [3.63, 3.8) is 0 Å². The van der Waals surface area contributed by atoms with Gasteiger partial charge in [-0.25, -0.2) is 0 Å². The molecule has 0 aliphatic rings. The quantitative estimate of drug-likeness (QED) is 0.349. The summed E-state index contributed by atoms with van der Waals surface area (Å²) in [5.74, 6) is -0.628. The van der Waals surface area contributed by atoms with E-state index in [1.807, 2.05) is 13.8 Å². The predicted octanol–water partition coefficient (Wildman–Crippen LogP) is 3.73. The second-order valence-corrected chi connectivity index (χ2v) is 5.58. The van der Waals surface area contributed by atoms with Gasteiger partial charge in [-0.1, -0.05) is 40.0 Å². The molecule has 0 amide bonds. The van der Waals surface area contributed by atoms with Crippen molar-refractivity contribution in [1.82, 2.24) is 0 Å². The Morgan fingerprint density at radius 2 is 1.45 bits per heavy atom. The van der Waals surface area contributed by atoms with Gasteiger partial charge in [0.2, 0.25) is 0 Å². The van der Waals surface area contributed by atoms with Gasteiger partial charge in [0.15, 0.2) is 5.41 Å². The highest BCUT2D eigenvalue weighted by Gasteiger charge is 2.48. The SMILES string of the molecule is CCCCCC(CC(C)C)(C(=O)OCC)C(=O)OCC. The number of ether oxygens (including phenoxy) is 2. The fourth-order valence-corrected chi connectivity index (χ4v) is 2.47. The highest BCUT2D eigenvalue weighted by molar-refractivity contribution is 6.00. The predicted molar refractivity (Wildman–Crippen MR) is 79.3 cm³/mol. The van der Waals surface area contributed by atoms with Gasteiger partial charge in [0.25, 0.3) is 0 Å². The largest absolute Gasteiger partial charge is 0.465 e. The molecular weight excluding hydrogens is 256 g/mol. The van der Waals surface area contributed by atoms with Crippen LogP contribution in [0.3, 0.4) is 0 Å². The number of esters is 2.